The Kier molecular flexibility index (Phi) is 4.98. The summed E-state index contributed by atoms with van der Waals surface area (Å²) in [6.45, 7) is 6.25. The Bertz CT molecular complexity index is 470. The number of primary amides is 1. The number of benzene rings is 1. The van der Waals surface area contributed by atoms with Crippen LogP contribution in [0.1, 0.15) is 19.4 Å². The van der Waals surface area contributed by atoms with Crippen LogP contribution in [0.3, 0.4) is 0 Å². The second kappa shape index (κ2) is 6.56. The lowest BCUT2D eigenvalue weighted by Gasteiger charge is -2.41. The van der Waals surface area contributed by atoms with Crippen molar-refractivity contribution in [3.05, 3.63) is 35.9 Å². The molecule has 1 amide bonds. The van der Waals surface area contributed by atoms with Crippen LogP contribution in [-0.2, 0) is 15.1 Å². The van der Waals surface area contributed by atoms with Crippen molar-refractivity contribution in [1.82, 2.24) is 10.2 Å². The first kappa shape index (κ1) is 15.9. The van der Waals surface area contributed by atoms with Gasteiger partial charge in [-0.25, -0.2) is 0 Å². The number of nitrogens with one attached hydrogen (secondary N) is 1. The summed E-state index contributed by atoms with van der Waals surface area (Å²) in [4.78, 5) is 14.4. The van der Waals surface area contributed by atoms with Crippen molar-refractivity contribution >= 4 is 5.91 Å². The van der Waals surface area contributed by atoms with E-state index in [0.717, 1.165) is 18.7 Å². The van der Waals surface area contributed by atoms with E-state index in [0.29, 0.717) is 6.54 Å². The molecule has 0 saturated carbocycles. The van der Waals surface area contributed by atoms with Gasteiger partial charge in [-0.3, -0.25) is 9.69 Å². The summed E-state index contributed by atoms with van der Waals surface area (Å²) in [5, 5.41) is 3.15. The first-order valence-electron chi connectivity index (χ1n) is 7.40. The van der Waals surface area contributed by atoms with E-state index >= 15 is 0 Å². The zero-order chi connectivity index (χ0) is 15.5. The summed E-state index contributed by atoms with van der Waals surface area (Å²) in [5.41, 5.74) is 5.76. The predicted molar refractivity (Wildman–Crippen MR) is 82.8 cm³/mol. The van der Waals surface area contributed by atoms with Crippen molar-refractivity contribution in [2.75, 3.05) is 26.7 Å². The van der Waals surface area contributed by atoms with Crippen molar-refractivity contribution in [2.24, 2.45) is 5.73 Å². The molecule has 1 saturated heterocycles. The molecule has 0 aromatic heterocycles. The highest BCUT2D eigenvalue weighted by molar-refractivity contribution is 5.86. The molecule has 21 heavy (non-hydrogen) atoms. The van der Waals surface area contributed by atoms with Crippen molar-refractivity contribution < 1.29 is 9.53 Å². The summed E-state index contributed by atoms with van der Waals surface area (Å²) in [7, 11) is 1.78. The smallest absolute Gasteiger partial charge is 0.243 e. The number of hydrogen-bond acceptors (Lipinski definition) is 4. The molecule has 1 aliphatic rings. The number of morpholine rings is 1. The van der Waals surface area contributed by atoms with Gasteiger partial charge in [-0.1, -0.05) is 30.3 Å². The van der Waals surface area contributed by atoms with Crippen LogP contribution >= 0.6 is 0 Å². The van der Waals surface area contributed by atoms with E-state index in [4.69, 9.17) is 10.5 Å². The number of rotatable bonds is 5. The molecule has 0 radical (unpaired) electrons. The number of hydrogen-bond donors (Lipinski definition) is 2. The van der Waals surface area contributed by atoms with Crippen LogP contribution in [0.15, 0.2) is 30.3 Å². The van der Waals surface area contributed by atoms with E-state index in [2.05, 4.69) is 24.1 Å². The fourth-order valence-corrected chi connectivity index (χ4v) is 3.13. The summed E-state index contributed by atoms with van der Waals surface area (Å²) >= 11 is 0. The van der Waals surface area contributed by atoms with Crippen LogP contribution < -0.4 is 11.1 Å². The predicted octanol–water partition coefficient (Wildman–Crippen LogP) is 0.696. The van der Waals surface area contributed by atoms with Crippen molar-refractivity contribution in [2.45, 2.75) is 31.6 Å². The van der Waals surface area contributed by atoms with Gasteiger partial charge < -0.3 is 15.8 Å². The van der Waals surface area contributed by atoms with E-state index in [1.165, 1.54) is 0 Å². The molecule has 116 valence electrons. The second-order valence-corrected chi connectivity index (χ2v) is 5.84. The normalized spacial score (nSPS) is 26.2. The molecule has 1 aromatic rings. The van der Waals surface area contributed by atoms with Crippen LogP contribution in [0.5, 0.6) is 0 Å². The van der Waals surface area contributed by atoms with E-state index in [1.807, 2.05) is 30.3 Å². The molecule has 0 aliphatic carbocycles. The number of ether oxygens (including phenoxy) is 1. The fraction of sp³-hybridized carbons (Fsp3) is 0.562. The Hall–Kier alpha value is -1.43. The Morgan fingerprint density at radius 2 is 1.90 bits per heavy atom. The van der Waals surface area contributed by atoms with Crippen LogP contribution in [0.4, 0.5) is 0 Å². The first-order valence-corrected chi connectivity index (χ1v) is 7.40. The highest BCUT2D eigenvalue weighted by atomic mass is 16.5. The molecule has 1 unspecified atom stereocenters. The van der Waals surface area contributed by atoms with E-state index < -0.39 is 5.54 Å². The maximum atomic E-state index is 12.2. The lowest BCUT2D eigenvalue weighted by Crippen LogP contribution is -2.60. The van der Waals surface area contributed by atoms with E-state index in [-0.39, 0.29) is 18.1 Å². The summed E-state index contributed by atoms with van der Waals surface area (Å²) in [5.74, 6) is -0.358. The third-order valence-corrected chi connectivity index (χ3v) is 4.07. The maximum absolute atomic E-state index is 12.2. The number of carbonyl (C=O) groups excluding carboxylic acids is 1. The molecular weight excluding hydrogens is 266 g/mol. The van der Waals surface area contributed by atoms with Gasteiger partial charge in [0.25, 0.3) is 0 Å². The second-order valence-electron chi connectivity index (χ2n) is 5.84. The topological polar surface area (TPSA) is 67.6 Å². The summed E-state index contributed by atoms with van der Waals surface area (Å²) < 4.78 is 5.75. The number of likely N-dealkylation sites (N-methyl/N-ethyl adjacent to an activating group) is 1. The van der Waals surface area contributed by atoms with Crippen LogP contribution in [0.25, 0.3) is 0 Å². The van der Waals surface area contributed by atoms with E-state index in [9.17, 15) is 4.79 Å². The van der Waals surface area contributed by atoms with Gasteiger partial charge in [-0.05, 0) is 26.5 Å². The van der Waals surface area contributed by atoms with Gasteiger partial charge in [0.2, 0.25) is 5.91 Å². The molecule has 5 heteroatoms. The lowest BCUT2D eigenvalue weighted by atomic mass is 9.88. The molecule has 1 aliphatic heterocycles. The molecule has 1 heterocycles. The number of nitrogens with zero attached hydrogens (tertiary/aromatic N) is 1. The van der Waals surface area contributed by atoms with Crippen molar-refractivity contribution in [1.29, 1.82) is 0 Å². The molecule has 5 nitrogen and oxygen atoms in total. The van der Waals surface area contributed by atoms with Crippen molar-refractivity contribution in [3.63, 3.8) is 0 Å². The van der Waals surface area contributed by atoms with E-state index in [1.54, 1.807) is 7.05 Å². The van der Waals surface area contributed by atoms with Crippen molar-refractivity contribution in [3.8, 4) is 0 Å². The molecular formula is C16H25N3O2. The minimum Gasteiger partial charge on any atom is -0.373 e. The lowest BCUT2D eigenvalue weighted by molar-refractivity contribution is -0.127. The Morgan fingerprint density at radius 3 is 2.38 bits per heavy atom. The number of nitrogens with two attached hydrogens (primary N) is 1. The molecule has 3 N–H and O–H groups in total. The third-order valence-electron chi connectivity index (χ3n) is 4.07. The standard InChI is InChI=1S/C16H25N3O2/c1-12-9-19(10-13(2)21-12)11-16(18-3,15(17)20)14-7-5-4-6-8-14/h4-8,12-13,18H,9-11H2,1-3H3,(H2,17,20)/t12-,13+,16?. The SMILES string of the molecule is CNC(CN1C[C@@H](C)O[C@@H](C)C1)(C(N)=O)c1ccccc1. The average molecular weight is 291 g/mol. The zero-order valence-electron chi connectivity index (χ0n) is 13.0. The average Bonchev–Trinajstić information content (AvgIpc) is 2.44. The Balaban J connectivity index is 2.27. The maximum Gasteiger partial charge on any atom is 0.243 e. The van der Waals surface area contributed by atoms with Crippen LogP contribution in [0, 0.1) is 0 Å². The fourth-order valence-electron chi connectivity index (χ4n) is 3.13. The Morgan fingerprint density at radius 1 is 1.33 bits per heavy atom. The minimum absolute atomic E-state index is 0.159. The van der Waals surface area contributed by atoms with Gasteiger partial charge in [-0.2, -0.15) is 0 Å². The highest BCUT2D eigenvalue weighted by Gasteiger charge is 2.40. The van der Waals surface area contributed by atoms with Gasteiger partial charge in [0.1, 0.15) is 5.54 Å². The van der Waals surface area contributed by atoms with Gasteiger partial charge >= 0.3 is 0 Å². The molecule has 0 bridgehead atoms. The van der Waals surface area contributed by atoms with Gasteiger partial charge in [0.05, 0.1) is 12.2 Å². The third kappa shape index (κ3) is 3.43. The quantitative estimate of drug-likeness (QED) is 0.838. The molecule has 1 aromatic carbocycles. The minimum atomic E-state index is -0.877. The Labute approximate surface area is 126 Å². The molecule has 0 spiro atoms. The summed E-state index contributed by atoms with van der Waals surface area (Å²) in [6.07, 6.45) is 0.318. The number of carbonyl (C=O) groups is 1. The zero-order valence-corrected chi connectivity index (χ0v) is 13.0. The van der Waals surface area contributed by atoms with Crippen LogP contribution in [-0.4, -0.2) is 49.7 Å². The highest BCUT2D eigenvalue weighted by Crippen LogP contribution is 2.24. The van der Waals surface area contributed by atoms with Gasteiger partial charge in [0, 0.05) is 19.6 Å². The molecule has 3 atom stereocenters. The monoisotopic (exact) mass is 291 g/mol. The molecule has 2 rings (SSSR count). The first-order chi connectivity index (χ1) is 9.98. The van der Waals surface area contributed by atoms with Crippen LogP contribution in [0.2, 0.25) is 0 Å². The van der Waals surface area contributed by atoms with Gasteiger partial charge in [-0.15, -0.1) is 0 Å². The van der Waals surface area contributed by atoms with Gasteiger partial charge in [0.15, 0.2) is 0 Å². The number of amides is 1. The largest absolute Gasteiger partial charge is 0.373 e. The summed E-state index contributed by atoms with van der Waals surface area (Å²) in [6, 6.07) is 9.66. The molecule has 1 fully saturated rings.